The maximum atomic E-state index is 12.8. The predicted octanol–water partition coefficient (Wildman–Crippen LogP) is 0.0238. The van der Waals surface area contributed by atoms with E-state index in [1.54, 1.807) is 0 Å². The van der Waals surface area contributed by atoms with E-state index in [2.05, 4.69) is 21.4 Å². The van der Waals surface area contributed by atoms with Crippen molar-refractivity contribution in [1.82, 2.24) is 21.4 Å². The Balaban J connectivity index is 0.00000612. The van der Waals surface area contributed by atoms with E-state index in [1.807, 2.05) is 20.8 Å². The van der Waals surface area contributed by atoms with Crippen molar-refractivity contribution in [2.45, 2.75) is 101 Å². The first-order valence-corrected chi connectivity index (χ1v) is 12.9. The number of ether oxygens (including phenoxy) is 1. The van der Waals surface area contributed by atoms with Crippen LogP contribution < -0.4 is 27.2 Å². The predicted molar refractivity (Wildman–Crippen MR) is 131 cm³/mol. The number of esters is 1. The van der Waals surface area contributed by atoms with Gasteiger partial charge in [0.25, 0.3) is 0 Å². The minimum Gasteiger partial charge on any atom is -0.789 e. The maximum Gasteiger partial charge on any atom is 0.323 e. The fraction of sp³-hybridized carbons (Fsp3) is 0.870. The van der Waals surface area contributed by atoms with Crippen LogP contribution in [0.4, 0.5) is 0 Å². The zero-order chi connectivity index (χ0) is 25.1. The molecule has 0 aromatic carbocycles. The minimum atomic E-state index is -0.731. The summed E-state index contributed by atoms with van der Waals surface area (Å²) in [6.45, 7) is 6.55. The van der Waals surface area contributed by atoms with Crippen molar-refractivity contribution in [2.75, 3.05) is 19.8 Å². The van der Waals surface area contributed by atoms with Gasteiger partial charge in [-0.3, -0.25) is 19.7 Å². The van der Waals surface area contributed by atoms with Gasteiger partial charge in [-0.05, 0) is 38.5 Å². The molecule has 2 amide bonds. The fourth-order valence-electron chi connectivity index (χ4n) is 4.21. The molecule has 6 N–H and O–H groups in total. The van der Waals surface area contributed by atoms with Gasteiger partial charge in [0.05, 0.1) is 25.8 Å². The Bertz CT molecular complexity index is 674. The van der Waals surface area contributed by atoms with E-state index in [0.717, 1.165) is 32.1 Å². The Hall–Kier alpha value is -2.40. The average molecular weight is 748 g/mol. The number of hydrogen-bond donors (Lipinski definition) is 5. The number of carbonyl (C=O) groups excluding carboxylic acids is 3. The molecule has 35 heavy (non-hydrogen) atoms. The molecule has 2 aliphatic carbocycles. The Morgan fingerprint density at radius 1 is 1.09 bits per heavy atom. The SMILES string of the molecule is CCONCC(=O)NC1CCC1NC(CC(C)C)C(=O)OCCC(N)C(=O)NC1CCC([S-])C1.[Cm]. The summed E-state index contributed by atoms with van der Waals surface area (Å²) in [7, 11) is 0. The van der Waals surface area contributed by atoms with Crippen LogP contribution in [0.5, 0.6) is 0 Å². The van der Waals surface area contributed by atoms with Gasteiger partial charge >= 0.3 is 5.97 Å². The van der Waals surface area contributed by atoms with Crippen LogP contribution in [0.15, 0.2) is 0 Å². The molecule has 204 valence electrons. The summed E-state index contributed by atoms with van der Waals surface area (Å²) < 4.78 is 5.47. The van der Waals surface area contributed by atoms with E-state index >= 15 is 0 Å². The van der Waals surface area contributed by atoms with Crippen LogP contribution in [0.2, 0.25) is 0 Å². The first-order valence-electron chi connectivity index (χ1n) is 12.5. The van der Waals surface area contributed by atoms with Gasteiger partial charge in [-0.15, -0.1) is 0 Å². The summed E-state index contributed by atoms with van der Waals surface area (Å²) in [5, 5.41) is 9.48. The van der Waals surface area contributed by atoms with E-state index in [9.17, 15) is 14.4 Å². The molecule has 2 saturated carbocycles. The third-order valence-corrected chi connectivity index (χ3v) is 6.68. The molecular formula is C23H42CmN5O5S-. The molecule has 0 aromatic rings. The van der Waals surface area contributed by atoms with Gasteiger partial charge in [-0.1, -0.05) is 26.7 Å². The molecular weight excluding hydrogens is 705 g/mol. The maximum absolute atomic E-state index is 12.8. The monoisotopic (exact) mass is 743 g/mol. The number of carbonyl (C=O) groups is 3. The number of nitrogens with two attached hydrogens (primary N) is 1. The quantitative estimate of drug-likeness (QED) is 0.0679. The van der Waals surface area contributed by atoms with Gasteiger partial charge in [0.2, 0.25) is 11.8 Å². The summed E-state index contributed by atoms with van der Waals surface area (Å²) in [5.74, 6) is -0.461. The zero-order valence-electron chi connectivity index (χ0n) is 21.0. The molecule has 0 aromatic heterocycles. The van der Waals surface area contributed by atoms with Gasteiger partial charge in [-0.2, -0.15) is 10.7 Å². The zero-order valence-corrected chi connectivity index (χ0v) is 24.8. The molecule has 10 nitrogen and oxygen atoms in total. The molecule has 0 bridgehead atoms. The van der Waals surface area contributed by atoms with Crippen molar-refractivity contribution in [3.05, 3.63) is 0 Å². The molecule has 12 heteroatoms. The van der Waals surface area contributed by atoms with E-state index in [-0.39, 0.29) is 66.6 Å². The smallest absolute Gasteiger partial charge is 0.323 e. The summed E-state index contributed by atoms with van der Waals surface area (Å²) in [4.78, 5) is 42.1. The second-order valence-electron chi connectivity index (χ2n) is 9.66. The first kappa shape index (κ1) is 30.6. The van der Waals surface area contributed by atoms with E-state index in [0.29, 0.717) is 13.0 Å². The summed E-state index contributed by atoms with van der Waals surface area (Å²) in [5.41, 5.74) is 8.59. The minimum absolute atomic E-state index is 0. The Labute approximate surface area is 208 Å². The number of hydrogen-bond acceptors (Lipinski definition) is 9. The second-order valence-corrected chi connectivity index (χ2v) is 10.3. The van der Waals surface area contributed by atoms with Gasteiger partial charge in [-0.25, -0.2) is 0 Å². The number of nitrogens with one attached hydrogen (secondary N) is 4. The van der Waals surface area contributed by atoms with Crippen LogP contribution in [0, 0.1) is 5.92 Å². The van der Waals surface area contributed by atoms with E-state index in [1.165, 1.54) is 0 Å². The van der Waals surface area contributed by atoms with Crippen LogP contribution >= 0.6 is 0 Å². The molecule has 6 atom stereocenters. The van der Waals surface area contributed by atoms with Crippen molar-refractivity contribution in [3.63, 3.8) is 0 Å². The molecule has 0 radical (unpaired) electrons. The molecule has 6 unspecified atom stereocenters. The third-order valence-electron chi connectivity index (χ3n) is 6.25. The van der Waals surface area contributed by atoms with E-state index in [4.69, 9.17) is 27.9 Å². The topological polar surface area (TPSA) is 144 Å². The molecule has 2 aliphatic rings. The van der Waals surface area contributed by atoms with Crippen LogP contribution in [-0.4, -0.2) is 73.0 Å². The summed E-state index contributed by atoms with van der Waals surface area (Å²) >= 11 is 5.27. The van der Waals surface area contributed by atoms with Gasteiger partial charge < -0.3 is 38.6 Å². The largest absolute Gasteiger partial charge is 0.789 e. The van der Waals surface area contributed by atoms with Crippen molar-refractivity contribution < 1.29 is 24.0 Å². The van der Waals surface area contributed by atoms with Gasteiger partial charge in [0.1, 0.15) is 6.04 Å². The third kappa shape index (κ3) is 10.8. The van der Waals surface area contributed by atoms with Crippen LogP contribution in [0.3, 0.4) is 0 Å². The molecule has 0 saturated heterocycles. The standard InChI is InChI=1S/C23H43N5O5S.Cm/c1-4-33-25-13-21(29)28-19-8-7-18(19)27-20(11-14(2)3)23(31)32-10-9-17(24)22(30)26-15-5-6-16(34)12-15;/h14-20,25,27,34H,4-13,24H2,1-3H3,(H,26,30)(H,28,29);/p-1. The summed E-state index contributed by atoms with van der Waals surface area (Å²) in [6.07, 6.45) is 5.20. The van der Waals surface area contributed by atoms with Gasteiger partial charge in [0, 0.05) is 24.5 Å². The second kappa shape index (κ2) is 15.6. The number of hydroxylamine groups is 1. The van der Waals surface area contributed by atoms with Crippen molar-refractivity contribution >= 4 is 30.4 Å². The molecule has 0 aliphatic heterocycles. The molecule has 2 rings (SSSR count). The van der Waals surface area contributed by atoms with Crippen molar-refractivity contribution in [1.29, 1.82) is 0 Å². The fourth-order valence-corrected chi connectivity index (χ4v) is 4.58. The van der Waals surface area contributed by atoms with E-state index < -0.39 is 12.1 Å². The van der Waals surface area contributed by atoms with Crippen molar-refractivity contribution in [3.8, 4) is 0 Å². The van der Waals surface area contributed by atoms with Crippen LogP contribution in [0.1, 0.15) is 65.7 Å². The Morgan fingerprint density at radius 2 is 1.80 bits per heavy atom. The van der Waals surface area contributed by atoms with Gasteiger partial charge in [0.15, 0.2) is 0 Å². The van der Waals surface area contributed by atoms with Crippen LogP contribution in [-0.2, 0) is 36.6 Å². The first-order chi connectivity index (χ1) is 16.2. The molecule has 2 fully saturated rings. The summed E-state index contributed by atoms with van der Waals surface area (Å²) in [6, 6.07) is -1.17. The number of rotatable bonds is 15. The Kier molecular flexibility index (Phi) is 13.6. The van der Waals surface area contributed by atoms with Crippen molar-refractivity contribution in [2.24, 2.45) is 11.7 Å². The average Bonchev–Trinajstić information content (AvgIpc) is 3.18. The number of amides is 2. The molecule has 0 spiro atoms. The Morgan fingerprint density at radius 3 is 2.37 bits per heavy atom. The van der Waals surface area contributed by atoms with Crippen LogP contribution in [0.25, 0.3) is 0 Å². The normalized spacial score (nSPS) is 25.2. The molecule has 0 heterocycles.